The van der Waals surface area contributed by atoms with Crippen molar-refractivity contribution in [2.24, 2.45) is 28.1 Å². The second-order valence-corrected chi connectivity index (χ2v) is 14.4. The van der Waals surface area contributed by atoms with Crippen molar-refractivity contribution in [1.82, 2.24) is 0 Å². The Morgan fingerprint density at radius 3 is 2.10 bits per heavy atom. The van der Waals surface area contributed by atoms with Crippen LogP contribution in [0.5, 0.6) is 0 Å². The highest BCUT2D eigenvalue weighted by Crippen LogP contribution is 2.69. The third-order valence-electron chi connectivity index (χ3n) is 9.67. The van der Waals surface area contributed by atoms with E-state index < -0.39 is 33.9 Å². The van der Waals surface area contributed by atoms with Gasteiger partial charge in [-0.1, -0.05) is 55.7 Å². The predicted molar refractivity (Wildman–Crippen MR) is 161 cm³/mol. The summed E-state index contributed by atoms with van der Waals surface area (Å²) in [4.78, 5) is 44.8. The highest BCUT2D eigenvalue weighted by atomic mass is 16.5. The Hall–Kier alpha value is -2.27. The van der Waals surface area contributed by atoms with E-state index >= 15 is 4.79 Å². The van der Waals surface area contributed by atoms with Gasteiger partial charge in [0, 0.05) is 17.9 Å². The molecule has 3 rings (SSSR count). The van der Waals surface area contributed by atoms with E-state index in [1.54, 1.807) is 27.7 Å². The molecule has 5 heteroatoms. The zero-order chi connectivity index (χ0) is 30.4. The molecule has 40 heavy (non-hydrogen) atoms. The molecule has 1 N–H and O–H groups in total. The van der Waals surface area contributed by atoms with Crippen LogP contribution in [0.25, 0.3) is 0 Å². The molecule has 5 atom stereocenters. The maximum atomic E-state index is 15.2. The Labute approximate surface area is 242 Å². The summed E-state index contributed by atoms with van der Waals surface area (Å²) in [6, 6.07) is 0. The molecule has 2 bridgehead atoms. The van der Waals surface area contributed by atoms with Gasteiger partial charge < -0.3 is 9.84 Å². The Morgan fingerprint density at radius 1 is 1.02 bits per heavy atom. The van der Waals surface area contributed by atoms with E-state index in [1.807, 2.05) is 40.7 Å². The monoisotopic (exact) mass is 552 g/mol. The SMILES string of the molecule is CC(C)=CCC[C@]1(C)[C@@H](CC=C(C)C)C[C@@]2(CC=C(C)C)C(=O)[C@]1(C(=O)C(C)C)C(=O)C1=C2O[C@H](C(C)(C)O)C1. The first-order valence-electron chi connectivity index (χ1n) is 15.0. The highest BCUT2D eigenvalue weighted by molar-refractivity contribution is 6.33. The summed E-state index contributed by atoms with van der Waals surface area (Å²) in [5.41, 5.74) is -1.15. The van der Waals surface area contributed by atoms with Gasteiger partial charge in [0.25, 0.3) is 0 Å². The van der Waals surface area contributed by atoms with Crippen LogP contribution in [0, 0.1) is 28.1 Å². The van der Waals surface area contributed by atoms with Crippen molar-refractivity contribution in [2.45, 2.75) is 126 Å². The Kier molecular flexibility index (Phi) is 9.02. The first-order chi connectivity index (χ1) is 18.4. The molecule has 5 nitrogen and oxygen atoms in total. The number of hydrogen-bond donors (Lipinski definition) is 1. The molecule has 0 unspecified atom stereocenters. The lowest BCUT2D eigenvalue weighted by molar-refractivity contribution is -0.181. The molecule has 0 amide bonds. The summed E-state index contributed by atoms with van der Waals surface area (Å²) in [5.74, 6) is -1.12. The fraction of sp³-hybridized carbons (Fsp3) is 0.686. The van der Waals surface area contributed by atoms with Crippen LogP contribution < -0.4 is 0 Å². The van der Waals surface area contributed by atoms with Crippen LogP contribution in [0.15, 0.2) is 46.3 Å². The topological polar surface area (TPSA) is 80.7 Å². The summed E-state index contributed by atoms with van der Waals surface area (Å²) in [7, 11) is 0. The van der Waals surface area contributed by atoms with Crippen LogP contribution >= 0.6 is 0 Å². The van der Waals surface area contributed by atoms with Gasteiger partial charge in [0.1, 0.15) is 11.9 Å². The number of carbonyl (C=O) groups is 3. The number of hydrogen-bond acceptors (Lipinski definition) is 5. The zero-order valence-electron chi connectivity index (χ0n) is 26.8. The number of fused-ring (bicyclic) bond motifs is 3. The van der Waals surface area contributed by atoms with Gasteiger partial charge in [-0.25, -0.2) is 0 Å². The largest absolute Gasteiger partial charge is 0.490 e. The van der Waals surface area contributed by atoms with Crippen LogP contribution in [0.1, 0.15) is 115 Å². The van der Waals surface area contributed by atoms with Crippen LogP contribution in [0.3, 0.4) is 0 Å². The van der Waals surface area contributed by atoms with Crippen molar-refractivity contribution < 1.29 is 24.2 Å². The van der Waals surface area contributed by atoms with Gasteiger partial charge in [0.2, 0.25) is 0 Å². The summed E-state index contributed by atoms with van der Waals surface area (Å²) < 4.78 is 6.45. The predicted octanol–water partition coefficient (Wildman–Crippen LogP) is 7.64. The molecule has 1 fully saturated rings. The molecule has 0 aromatic heterocycles. The van der Waals surface area contributed by atoms with Gasteiger partial charge in [-0.15, -0.1) is 0 Å². The second-order valence-electron chi connectivity index (χ2n) is 14.4. The fourth-order valence-electron chi connectivity index (χ4n) is 7.33. The molecule has 222 valence electrons. The number of carbonyl (C=O) groups excluding carboxylic acids is 3. The van der Waals surface area contributed by atoms with E-state index in [1.165, 1.54) is 11.1 Å². The molecule has 1 saturated carbocycles. The minimum absolute atomic E-state index is 0.0956. The van der Waals surface area contributed by atoms with Crippen molar-refractivity contribution in [2.75, 3.05) is 0 Å². The highest BCUT2D eigenvalue weighted by Gasteiger charge is 2.77. The smallest absolute Gasteiger partial charge is 0.184 e. The number of aliphatic hydroxyl groups is 1. The summed E-state index contributed by atoms with van der Waals surface area (Å²) in [5, 5.41) is 10.9. The first kappa shape index (κ1) is 32.2. The minimum Gasteiger partial charge on any atom is -0.490 e. The fourth-order valence-corrected chi connectivity index (χ4v) is 7.33. The van der Waals surface area contributed by atoms with Gasteiger partial charge >= 0.3 is 0 Å². The maximum Gasteiger partial charge on any atom is 0.184 e. The molecule has 1 heterocycles. The van der Waals surface area contributed by atoms with Gasteiger partial charge in [-0.3, -0.25) is 14.4 Å². The van der Waals surface area contributed by atoms with Gasteiger partial charge in [-0.05, 0) is 98.8 Å². The van der Waals surface area contributed by atoms with E-state index in [0.29, 0.717) is 43.4 Å². The third-order valence-corrected chi connectivity index (χ3v) is 9.67. The van der Waals surface area contributed by atoms with Crippen LogP contribution in [0.4, 0.5) is 0 Å². The van der Waals surface area contributed by atoms with Crippen molar-refractivity contribution in [3.8, 4) is 0 Å². The Balaban J connectivity index is 2.44. The number of ether oxygens (including phenoxy) is 1. The van der Waals surface area contributed by atoms with Gasteiger partial charge in [0.05, 0.1) is 11.0 Å². The average molecular weight is 553 g/mol. The second kappa shape index (κ2) is 11.2. The van der Waals surface area contributed by atoms with Crippen molar-refractivity contribution >= 4 is 17.3 Å². The van der Waals surface area contributed by atoms with E-state index in [9.17, 15) is 14.7 Å². The molecule has 0 spiro atoms. The normalized spacial score (nSPS) is 31.5. The van der Waals surface area contributed by atoms with E-state index in [-0.39, 0.29) is 29.7 Å². The maximum absolute atomic E-state index is 15.2. The Bertz CT molecular complexity index is 1180. The molecule has 0 radical (unpaired) electrons. The van der Waals surface area contributed by atoms with Gasteiger partial charge in [-0.2, -0.15) is 0 Å². The number of Topliss-reactive ketones (excluding diaryl/α,β-unsaturated/α-hetero) is 3. The van der Waals surface area contributed by atoms with Gasteiger partial charge in [0.15, 0.2) is 22.8 Å². The van der Waals surface area contributed by atoms with E-state index in [0.717, 1.165) is 5.57 Å². The molecular formula is C35H52O5. The summed E-state index contributed by atoms with van der Waals surface area (Å²) in [6.07, 6.45) is 8.74. The lowest BCUT2D eigenvalue weighted by atomic mass is 9.38. The summed E-state index contributed by atoms with van der Waals surface area (Å²) in [6.45, 7) is 21.2. The third kappa shape index (κ3) is 5.12. The first-order valence-corrected chi connectivity index (χ1v) is 15.0. The lowest BCUT2D eigenvalue weighted by Crippen LogP contribution is -2.70. The molecule has 3 aliphatic rings. The van der Waals surface area contributed by atoms with E-state index in [2.05, 4.69) is 26.0 Å². The number of allylic oxidation sites excluding steroid dienone is 7. The number of ketones is 3. The molecular weight excluding hydrogens is 500 g/mol. The Morgan fingerprint density at radius 2 is 1.60 bits per heavy atom. The number of rotatable bonds is 10. The van der Waals surface area contributed by atoms with Crippen molar-refractivity contribution in [3.63, 3.8) is 0 Å². The molecule has 0 aromatic rings. The molecule has 0 saturated heterocycles. The standard InChI is InChI=1S/C35H52O5/c1-21(2)13-12-17-33(11)25(15-14-22(3)4)20-34(18-16-23(5)6)30-26(19-27(40-30)32(9,10)39)29(37)35(33,31(34)38)28(36)24(7)8/h13-14,16,24-25,27,39H,12,15,17-20H2,1-11H3/t25-,27-,33+,34+,35-/m0/s1. The molecule has 2 aliphatic carbocycles. The summed E-state index contributed by atoms with van der Waals surface area (Å²) >= 11 is 0. The quantitative estimate of drug-likeness (QED) is 0.223. The lowest BCUT2D eigenvalue weighted by Gasteiger charge is -2.61. The van der Waals surface area contributed by atoms with Crippen LogP contribution in [0.2, 0.25) is 0 Å². The van der Waals surface area contributed by atoms with Crippen LogP contribution in [-0.2, 0) is 19.1 Å². The zero-order valence-corrected chi connectivity index (χ0v) is 26.8. The molecule has 0 aromatic carbocycles. The average Bonchev–Trinajstić information content (AvgIpc) is 3.29. The molecule has 1 aliphatic heterocycles. The van der Waals surface area contributed by atoms with E-state index in [4.69, 9.17) is 4.74 Å². The van der Waals surface area contributed by atoms with Crippen molar-refractivity contribution in [1.29, 1.82) is 0 Å². The van der Waals surface area contributed by atoms with Crippen LogP contribution in [-0.4, -0.2) is 34.2 Å². The van der Waals surface area contributed by atoms with Crippen molar-refractivity contribution in [3.05, 3.63) is 46.3 Å². The minimum atomic E-state index is -1.79.